The summed E-state index contributed by atoms with van der Waals surface area (Å²) in [4.78, 5) is 32.3. The standard InChI is InChI=1S/C27H33N5O4/c1-27(2,3)30-26(34)32(19-11-12-19)17-24(33)29-25-28-21(18-9-7-6-8-10-18)16-31(25)20-13-14-22(35-4)23(15-20)36-5/h6-10,13-16,19H,11-12,17H2,1-5H3,(H,30,34)(H,28,29,33). The summed E-state index contributed by atoms with van der Waals surface area (Å²) in [6.45, 7) is 5.69. The zero-order valence-electron chi connectivity index (χ0n) is 21.4. The van der Waals surface area contributed by atoms with Crippen molar-refractivity contribution in [2.45, 2.75) is 45.2 Å². The first-order valence-corrected chi connectivity index (χ1v) is 11.9. The molecule has 0 unspecified atom stereocenters. The lowest BCUT2D eigenvalue weighted by Crippen LogP contribution is -2.51. The van der Waals surface area contributed by atoms with Crippen LogP contribution in [0.15, 0.2) is 54.7 Å². The third kappa shape index (κ3) is 5.97. The number of benzene rings is 2. The minimum absolute atomic E-state index is 0.0634. The Morgan fingerprint density at radius 2 is 1.75 bits per heavy atom. The van der Waals surface area contributed by atoms with Crippen LogP contribution in [0.3, 0.4) is 0 Å². The largest absolute Gasteiger partial charge is 0.493 e. The lowest BCUT2D eigenvalue weighted by Gasteiger charge is -2.28. The SMILES string of the molecule is COc1ccc(-n2cc(-c3ccccc3)nc2NC(=O)CN(C(=O)NC(C)(C)C)C2CC2)cc1OC. The van der Waals surface area contributed by atoms with E-state index in [-0.39, 0.29) is 24.5 Å². The van der Waals surface area contributed by atoms with Gasteiger partial charge in [0.05, 0.1) is 25.6 Å². The molecule has 0 aliphatic heterocycles. The predicted molar refractivity (Wildman–Crippen MR) is 139 cm³/mol. The molecular formula is C27H33N5O4. The molecule has 2 aromatic carbocycles. The third-order valence-electron chi connectivity index (χ3n) is 5.72. The van der Waals surface area contributed by atoms with E-state index in [9.17, 15) is 9.59 Å². The molecule has 1 heterocycles. The molecule has 1 aliphatic carbocycles. The van der Waals surface area contributed by atoms with Crippen LogP contribution in [0.25, 0.3) is 16.9 Å². The van der Waals surface area contributed by atoms with Gasteiger partial charge in [-0.1, -0.05) is 30.3 Å². The van der Waals surface area contributed by atoms with Gasteiger partial charge in [-0.2, -0.15) is 0 Å². The molecule has 36 heavy (non-hydrogen) atoms. The monoisotopic (exact) mass is 491 g/mol. The van der Waals surface area contributed by atoms with Gasteiger partial charge < -0.3 is 19.7 Å². The van der Waals surface area contributed by atoms with Gasteiger partial charge in [0, 0.05) is 29.4 Å². The lowest BCUT2D eigenvalue weighted by atomic mass is 10.1. The van der Waals surface area contributed by atoms with E-state index in [1.54, 1.807) is 29.8 Å². The van der Waals surface area contributed by atoms with Gasteiger partial charge in [0.1, 0.15) is 6.54 Å². The number of nitrogens with one attached hydrogen (secondary N) is 2. The Kier molecular flexibility index (Phi) is 7.19. The molecule has 1 saturated carbocycles. The van der Waals surface area contributed by atoms with Crippen molar-refractivity contribution in [1.29, 1.82) is 0 Å². The maximum atomic E-state index is 13.1. The van der Waals surface area contributed by atoms with Crippen LogP contribution in [-0.4, -0.2) is 58.7 Å². The van der Waals surface area contributed by atoms with Gasteiger partial charge in [0.2, 0.25) is 11.9 Å². The van der Waals surface area contributed by atoms with E-state index in [0.717, 1.165) is 24.1 Å². The Hall–Kier alpha value is -4.01. The Balaban J connectivity index is 1.63. The Labute approximate surface area is 211 Å². The fourth-order valence-corrected chi connectivity index (χ4v) is 3.85. The highest BCUT2D eigenvalue weighted by molar-refractivity contribution is 5.94. The number of rotatable bonds is 8. The normalized spacial score (nSPS) is 13.1. The summed E-state index contributed by atoms with van der Waals surface area (Å²) in [6.07, 6.45) is 3.64. The van der Waals surface area contributed by atoms with E-state index < -0.39 is 5.54 Å². The van der Waals surface area contributed by atoms with Crippen molar-refractivity contribution in [2.24, 2.45) is 0 Å². The molecule has 190 valence electrons. The molecule has 1 aliphatic rings. The van der Waals surface area contributed by atoms with Crippen LogP contribution in [0.2, 0.25) is 0 Å². The zero-order chi connectivity index (χ0) is 25.9. The van der Waals surface area contributed by atoms with E-state index in [1.165, 1.54) is 0 Å². The molecule has 2 N–H and O–H groups in total. The third-order valence-corrected chi connectivity index (χ3v) is 5.72. The van der Waals surface area contributed by atoms with E-state index in [1.807, 2.05) is 69.4 Å². The first-order valence-electron chi connectivity index (χ1n) is 11.9. The van der Waals surface area contributed by atoms with Crippen molar-refractivity contribution in [2.75, 3.05) is 26.1 Å². The van der Waals surface area contributed by atoms with E-state index in [4.69, 9.17) is 14.5 Å². The lowest BCUT2D eigenvalue weighted by molar-refractivity contribution is -0.117. The molecule has 3 amide bonds. The summed E-state index contributed by atoms with van der Waals surface area (Å²) in [5, 5.41) is 5.87. The molecule has 9 nitrogen and oxygen atoms in total. The highest BCUT2D eigenvalue weighted by Crippen LogP contribution is 2.32. The number of carbonyl (C=O) groups is 2. The average Bonchev–Trinajstić information content (AvgIpc) is 3.61. The number of methoxy groups -OCH3 is 2. The number of carbonyl (C=O) groups excluding carboxylic acids is 2. The molecule has 1 fully saturated rings. The van der Waals surface area contributed by atoms with Gasteiger partial charge in [0.25, 0.3) is 0 Å². The van der Waals surface area contributed by atoms with Gasteiger partial charge in [-0.15, -0.1) is 0 Å². The predicted octanol–water partition coefficient (Wildman–Crippen LogP) is 4.47. The molecule has 1 aromatic heterocycles. The molecule has 0 bridgehead atoms. The number of ether oxygens (including phenoxy) is 2. The van der Waals surface area contributed by atoms with Crippen LogP contribution in [0.1, 0.15) is 33.6 Å². The number of hydrogen-bond donors (Lipinski definition) is 2. The second kappa shape index (κ2) is 10.3. The molecule has 9 heteroatoms. The first kappa shape index (κ1) is 25.1. The Bertz CT molecular complexity index is 1230. The van der Waals surface area contributed by atoms with Crippen LogP contribution in [0, 0.1) is 0 Å². The second-order valence-electron chi connectivity index (χ2n) is 9.81. The fourth-order valence-electron chi connectivity index (χ4n) is 3.85. The van der Waals surface area contributed by atoms with E-state index >= 15 is 0 Å². The topological polar surface area (TPSA) is 97.7 Å². The van der Waals surface area contributed by atoms with Gasteiger partial charge in [-0.3, -0.25) is 14.7 Å². The molecule has 0 saturated heterocycles. The summed E-state index contributed by atoms with van der Waals surface area (Å²) in [5.74, 6) is 1.18. The molecule has 0 spiro atoms. The average molecular weight is 492 g/mol. The van der Waals surface area contributed by atoms with E-state index in [0.29, 0.717) is 23.1 Å². The molecule has 0 radical (unpaired) electrons. The fraction of sp³-hybridized carbons (Fsp3) is 0.370. The van der Waals surface area contributed by atoms with Gasteiger partial charge in [-0.05, 0) is 45.7 Å². The van der Waals surface area contributed by atoms with E-state index in [2.05, 4.69) is 10.6 Å². The number of amides is 3. The number of imidazole rings is 1. The highest BCUT2D eigenvalue weighted by Gasteiger charge is 2.35. The number of anilines is 1. The van der Waals surface area contributed by atoms with Crippen LogP contribution in [0.5, 0.6) is 11.5 Å². The summed E-state index contributed by atoms with van der Waals surface area (Å²) < 4.78 is 12.6. The smallest absolute Gasteiger partial charge is 0.318 e. The molecule has 4 rings (SSSR count). The number of hydrogen-bond acceptors (Lipinski definition) is 5. The number of nitrogens with zero attached hydrogens (tertiary/aromatic N) is 3. The minimum Gasteiger partial charge on any atom is -0.493 e. The van der Waals surface area contributed by atoms with Crippen LogP contribution < -0.4 is 20.1 Å². The molecular weight excluding hydrogens is 458 g/mol. The quantitative estimate of drug-likeness (QED) is 0.485. The second-order valence-corrected chi connectivity index (χ2v) is 9.81. The Morgan fingerprint density at radius 3 is 2.36 bits per heavy atom. The number of urea groups is 1. The maximum Gasteiger partial charge on any atom is 0.318 e. The summed E-state index contributed by atoms with van der Waals surface area (Å²) in [5.41, 5.74) is 1.96. The summed E-state index contributed by atoms with van der Waals surface area (Å²) in [6, 6.07) is 15.0. The Morgan fingerprint density at radius 1 is 1.06 bits per heavy atom. The first-order chi connectivity index (χ1) is 17.2. The van der Waals surface area contributed by atoms with Gasteiger partial charge >= 0.3 is 6.03 Å². The van der Waals surface area contributed by atoms with Crippen molar-refractivity contribution < 1.29 is 19.1 Å². The summed E-state index contributed by atoms with van der Waals surface area (Å²) in [7, 11) is 3.15. The van der Waals surface area contributed by atoms with Crippen LogP contribution in [-0.2, 0) is 4.79 Å². The van der Waals surface area contributed by atoms with Crippen LogP contribution >= 0.6 is 0 Å². The summed E-state index contributed by atoms with van der Waals surface area (Å²) >= 11 is 0. The highest BCUT2D eigenvalue weighted by atomic mass is 16.5. The van der Waals surface area contributed by atoms with Crippen molar-refractivity contribution in [3.63, 3.8) is 0 Å². The van der Waals surface area contributed by atoms with Gasteiger partial charge in [-0.25, -0.2) is 9.78 Å². The van der Waals surface area contributed by atoms with Crippen molar-refractivity contribution in [3.05, 3.63) is 54.7 Å². The number of aromatic nitrogens is 2. The zero-order valence-corrected chi connectivity index (χ0v) is 21.4. The van der Waals surface area contributed by atoms with Crippen molar-refractivity contribution in [3.8, 4) is 28.4 Å². The molecule has 3 aromatic rings. The minimum atomic E-state index is -0.394. The van der Waals surface area contributed by atoms with Gasteiger partial charge in [0.15, 0.2) is 11.5 Å². The van der Waals surface area contributed by atoms with Crippen molar-refractivity contribution >= 4 is 17.9 Å². The van der Waals surface area contributed by atoms with Crippen LogP contribution in [0.4, 0.5) is 10.7 Å². The molecule has 0 atom stereocenters. The van der Waals surface area contributed by atoms with Crippen molar-refractivity contribution in [1.82, 2.24) is 19.8 Å². The maximum absolute atomic E-state index is 13.1.